The van der Waals surface area contributed by atoms with E-state index in [1.54, 1.807) is 0 Å². The molecule has 0 spiro atoms. The van der Waals surface area contributed by atoms with Crippen molar-refractivity contribution in [2.75, 3.05) is 39.5 Å². The van der Waals surface area contributed by atoms with E-state index in [9.17, 15) is 9.59 Å². The van der Waals surface area contributed by atoms with Crippen molar-refractivity contribution in [1.29, 1.82) is 0 Å². The molecular formula is C24H38N2O4. The highest BCUT2D eigenvalue weighted by atomic mass is 16.5. The van der Waals surface area contributed by atoms with E-state index in [-0.39, 0.29) is 11.8 Å². The van der Waals surface area contributed by atoms with Crippen molar-refractivity contribution in [2.45, 2.75) is 76.3 Å². The third-order valence-electron chi connectivity index (χ3n) is 8.61. The van der Waals surface area contributed by atoms with Crippen LogP contribution >= 0.6 is 0 Å². The van der Waals surface area contributed by atoms with Crippen LogP contribution in [0.4, 0.5) is 0 Å². The highest BCUT2D eigenvalue weighted by Crippen LogP contribution is 2.37. The van der Waals surface area contributed by atoms with Crippen LogP contribution in [0.3, 0.4) is 0 Å². The number of rotatable bonds is 2. The van der Waals surface area contributed by atoms with Gasteiger partial charge in [0.15, 0.2) is 0 Å². The van der Waals surface area contributed by atoms with Gasteiger partial charge in [0.2, 0.25) is 11.8 Å². The molecule has 0 N–H and O–H groups in total. The van der Waals surface area contributed by atoms with Gasteiger partial charge in [0.05, 0.1) is 13.2 Å². The molecule has 0 radical (unpaired) electrons. The van der Waals surface area contributed by atoms with Gasteiger partial charge < -0.3 is 19.3 Å². The van der Waals surface area contributed by atoms with Gasteiger partial charge >= 0.3 is 0 Å². The summed E-state index contributed by atoms with van der Waals surface area (Å²) in [6.07, 6.45) is 10.1. The first kappa shape index (κ1) is 20.7. The number of hydrogen-bond donors (Lipinski definition) is 0. The second kappa shape index (κ2) is 9.15. The van der Waals surface area contributed by atoms with Gasteiger partial charge in [-0.2, -0.15) is 0 Å². The van der Waals surface area contributed by atoms with Gasteiger partial charge in [-0.1, -0.05) is 0 Å². The molecule has 5 aliphatic rings. The van der Waals surface area contributed by atoms with E-state index in [1.807, 2.05) is 0 Å². The van der Waals surface area contributed by atoms with Gasteiger partial charge in [-0.3, -0.25) is 9.59 Å². The van der Waals surface area contributed by atoms with E-state index < -0.39 is 0 Å². The summed E-state index contributed by atoms with van der Waals surface area (Å²) in [6.45, 7) is 5.04. The van der Waals surface area contributed by atoms with Crippen molar-refractivity contribution >= 4 is 11.8 Å². The van der Waals surface area contributed by atoms with Gasteiger partial charge in [-0.15, -0.1) is 0 Å². The fraction of sp³-hybridized carbons (Fsp3) is 0.917. The monoisotopic (exact) mass is 418 g/mol. The standard InChI is InChI=1S/C24H38N2O4/c27-23(25-11-1-3-19-15-29-13-9-21(19)25)17-5-7-18(8-6-17)24(28)26-12-2-4-20-16-30-14-10-22(20)26/h17-22H,1-16H2. The topological polar surface area (TPSA) is 59.1 Å². The highest BCUT2D eigenvalue weighted by Gasteiger charge is 2.42. The first-order valence-corrected chi connectivity index (χ1v) is 12.5. The number of likely N-dealkylation sites (tertiary alicyclic amines) is 2. The summed E-state index contributed by atoms with van der Waals surface area (Å²) in [6, 6.07) is 0.774. The van der Waals surface area contributed by atoms with E-state index in [1.165, 1.54) is 12.8 Å². The average molecular weight is 419 g/mol. The van der Waals surface area contributed by atoms with Crippen LogP contribution in [0.25, 0.3) is 0 Å². The average Bonchev–Trinajstić information content (AvgIpc) is 2.82. The Bertz CT molecular complexity index is 575. The third-order valence-corrected chi connectivity index (χ3v) is 8.61. The number of amides is 2. The summed E-state index contributed by atoms with van der Waals surface area (Å²) in [4.78, 5) is 31.1. The minimum Gasteiger partial charge on any atom is -0.381 e. The van der Waals surface area contributed by atoms with Crippen LogP contribution in [0, 0.1) is 23.7 Å². The van der Waals surface area contributed by atoms with Crippen molar-refractivity contribution in [2.24, 2.45) is 23.7 Å². The summed E-state index contributed by atoms with van der Waals surface area (Å²) in [5, 5.41) is 0. The highest BCUT2D eigenvalue weighted by molar-refractivity contribution is 5.82. The summed E-state index contributed by atoms with van der Waals surface area (Å²) < 4.78 is 11.3. The van der Waals surface area contributed by atoms with Crippen molar-refractivity contribution in [3.8, 4) is 0 Å². The Morgan fingerprint density at radius 2 is 1.03 bits per heavy atom. The minimum atomic E-state index is 0.118. The van der Waals surface area contributed by atoms with Gasteiger partial charge in [-0.05, 0) is 64.2 Å². The second-order valence-corrected chi connectivity index (χ2v) is 10.3. The number of carbonyl (C=O) groups is 2. The fourth-order valence-electron chi connectivity index (χ4n) is 6.93. The maximum atomic E-state index is 13.3. The lowest BCUT2D eigenvalue weighted by molar-refractivity contribution is -0.151. The Balaban J connectivity index is 1.17. The molecule has 168 valence electrons. The Morgan fingerprint density at radius 1 is 0.600 bits per heavy atom. The van der Waals surface area contributed by atoms with Gasteiger partial charge in [0.25, 0.3) is 0 Å². The molecular weight excluding hydrogens is 380 g/mol. The van der Waals surface area contributed by atoms with E-state index >= 15 is 0 Å². The molecule has 4 saturated heterocycles. The van der Waals surface area contributed by atoms with E-state index in [0.29, 0.717) is 35.7 Å². The van der Waals surface area contributed by atoms with E-state index in [4.69, 9.17) is 9.47 Å². The van der Waals surface area contributed by atoms with Crippen LogP contribution in [0.15, 0.2) is 0 Å². The number of fused-ring (bicyclic) bond motifs is 2. The molecule has 5 rings (SSSR count). The Hall–Kier alpha value is -1.14. The number of nitrogens with zero attached hydrogens (tertiary/aromatic N) is 2. The number of piperidine rings is 2. The summed E-state index contributed by atoms with van der Waals surface area (Å²) >= 11 is 0. The fourth-order valence-corrected chi connectivity index (χ4v) is 6.93. The maximum absolute atomic E-state index is 13.3. The first-order valence-electron chi connectivity index (χ1n) is 12.5. The number of carbonyl (C=O) groups excluding carboxylic acids is 2. The first-order chi connectivity index (χ1) is 14.7. The van der Waals surface area contributed by atoms with Crippen LogP contribution in [0.2, 0.25) is 0 Å². The smallest absolute Gasteiger partial charge is 0.225 e. The van der Waals surface area contributed by atoms with Gasteiger partial charge in [0, 0.05) is 62.1 Å². The Morgan fingerprint density at radius 3 is 1.47 bits per heavy atom. The molecule has 2 amide bonds. The summed E-state index contributed by atoms with van der Waals surface area (Å²) in [5.74, 6) is 2.02. The van der Waals surface area contributed by atoms with E-state index in [0.717, 1.165) is 90.9 Å². The van der Waals surface area contributed by atoms with Crippen LogP contribution in [-0.4, -0.2) is 73.2 Å². The van der Waals surface area contributed by atoms with E-state index in [2.05, 4.69) is 9.80 Å². The number of hydrogen-bond acceptors (Lipinski definition) is 4. The molecule has 4 heterocycles. The molecule has 6 heteroatoms. The van der Waals surface area contributed by atoms with Crippen LogP contribution < -0.4 is 0 Å². The second-order valence-electron chi connectivity index (χ2n) is 10.3. The van der Waals surface area contributed by atoms with Crippen LogP contribution in [0.5, 0.6) is 0 Å². The molecule has 0 aromatic carbocycles. The molecule has 0 bridgehead atoms. The molecule has 1 saturated carbocycles. The lowest BCUT2D eigenvalue weighted by Crippen LogP contribution is -2.55. The molecule has 30 heavy (non-hydrogen) atoms. The zero-order chi connectivity index (χ0) is 20.5. The molecule has 0 aromatic rings. The zero-order valence-corrected chi connectivity index (χ0v) is 18.3. The van der Waals surface area contributed by atoms with Crippen molar-refractivity contribution in [1.82, 2.24) is 9.80 Å². The zero-order valence-electron chi connectivity index (χ0n) is 18.3. The molecule has 4 aliphatic heterocycles. The number of ether oxygens (including phenoxy) is 2. The lowest BCUT2D eigenvalue weighted by Gasteiger charge is -2.46. The predicted octanol–water partition coefficient (Wildman–Crippen LogP) is 2.85. The van der Waals surface area contributed by atoms with Gasteiger partial charge in [-0.25, -0.2) is 0 Å². The van der Waals surface area contributed by atoms with Crippen molar-refractivity contribution in [3.63, 3.8) is 0 Å². The lowest BCUT2D eigenvalue weighted by atomic mass is 9.78. The normalized spacial score (nSPS) is 39.7. The van der Waals surface area contributed by atoms with Gasteiger partial charge in [0.1, 0.15) is 0 Å². The summed E-state index contributed by atoms with van der Waals surface area (Å²) in [7, 11) is 0. The van der Waals surface area contributed by atoms with Crippen molar-refractivity contribution in [3.05, 3.63) is 0 Å². The van der Waals surface area contributed by atoms with Crippen molar-refractivity contribution < 1.29 is 19.1 Å². The Labute approximate surface area is 180 Å². The molecule has 6 nitrogen and oxygen atoms in total. The molecule has 4 atom stereocenters. The maximum Gasteiger partial charge on any atom is 0.225 e. The van der Waals surface area contributed by atoms with Crippen LogP contribution in [-0.2, 0) is 19.1 Å². The SMILES string of the molecule is O=C(C1CCC(C(=O)N2CCCC3COCCC32)CC1)N1CCCC2COCCC21. The largest absolute Gasteiger partial charge is 0.381 e. The predicted molar refractivity (Wildman–Crippen MR) is 113 cm³/mol. The Kier molecular flexibility index (Phi) is 6.33. The summed E-state index contributed by atoms with van der Waals surface area (Å²) in [5.41, 5.74) is 0. The molecule has 5 fully saturated rings. The van der Waals surface area contributed by atoms with Crippen LogP contribution in [0.1, 0.15) is 64.2 Å². The third kappa shape index (κ3) is 4.02. The molecule has 0 aromatic heterocycles. The molecule has 1 aliphatic carbocycles. The minimum absolute atomic E-state index is 0.118. The quantitative estimate of drug-likeness (QED) is 0.692. The molecule has 4 unspecified atom stereocenters.